The molecular formula is C48H48ClN9O7. The average molecular weight is 898 g/mol. The topological polar surface area (TPSA) is 179 Å². The number of nitrogens with zero attached hydrogens (tertiary/aromatic N) is 6. The Morgan fingerprint density at radius 2 is 1.52 bits per heavy atom. The number of carbonyl (C=O) groups is 5. The van der Waals surface area contributed by atoms with Crippen molar-refractivity contribution in [2.24, 2.45) is 0 Å². The number of fused-ring (bicyclic) bond motifs is 1. The van der Waals surface area contributed by atoms with Crippen LogP contribution in [0.4, 0.5) is 22.1 Å². The number of piperazine rings is 1. The molecule has 1 atom stereocenters. The second kappa shape index (κ2) is 19.0. The van der Waals surface area contributed by atoms with E-state index in [1.54, 1.807) is 41.3 Å². The maximum atomic E-state index is 13.9. The van der Waals surface area contributed by atoms with E-state index in [0.29, 0.717) is 127 Å². The summed E-state index contributed by atoms with van der Waals surface area (Å²) in [4.78, 5) is 81.8. The molecule has 5 heterocycles. The number of anilines is 3. The molecule has 65 heavy (non-hydrogen) atoms. The summed E-state index contributed by atoms with van der Waals surface area (Å²) >= 11 is 6.65. The van der Waals surface area contributed by atoms with E-state index in [1.165, 1.54) is 18.3 Å². The normalized spacial score (nSPS) is 17.8. The SMILES string of the molecule is COc1ccc(C(=O)N2CCN(Cc3ccc(C(=O)N4CCC(Nc5ncnc6c5C(C(=O)c5ccc(Oc7ccccc7)cc5Cl)CN6)CC4)cc3)CC2)cc1N1CCC(=O)NC1=O. The van der Waals surface area contributed by atoms with Crippen molar-refractivity contribution in [3.8, 4) is 17.2 Å². The lowest BCUT2D eigenvalue weighted by molar-refractivity contribution is -0.120. The largest absolute Gasteiger partial charge is 0.495 e. The number of hydrogen-bond donors (Lipinski definition) is 3. The van der Waals surface area contributed by atoms with E-state index in [2.05, 4.69) is 30.8 Å². The van der Waals surface area contributed by atoms with Crippen molar-refractivity contribution in [3.63, 3.8) is 0 Å². The number of hydrogen-bond acceptors (Lipinski definition) is 12. The van der Waals surface area contributed by atoms with Crippen LogP contribution in [0, 0.1) is 0 Å². The minimum absolute atomic E-state index is 0.0203. The monoisotopic (exact) mass is 897 g/mol. The number of Topliss-reactive ketones (excluding diaryl/α,β-unsaturated/α-hetero) is 1. The van der Waals surface area contributed by atoms with Gasteiger partial charge in [-0.05, 0) is 73.0 Å². The molecule has 16 nitrogen and oxygen atoms in total. The third-order valence-corrected chi connectivity index (χ3v) is 12.7. The van der Waals surface area contributed by atoms with E-state index in [4.69, 9.17) is 21.1 Å². The van der Waals surface area contributed by atoms with Crippen molar-refractivity contribution in [2.45, 2.75) is 37.8 Å². The summed E-state index contributed by atoms with van der Waals surface area (Å²) in [6.45, 7) is 4.79. The fourth-order valence-corrected chi connectivity index (χ4v) is 9.07. The minimum Gasteiger partial charge on any atom is -0.495 e. The summed E-state index contributed by atoms with van der Waals surface area (Å²) in [5.74, 6) is 1.67. The fraction of sp³-hybridized carbons (Fsp3) is 0.312. The lowest BCUT2D eigenvalue weighted by Crippen LogP contribution is -2.50. The number of imide groups is 1. The summed E-state index contributed by atoms with van der Waals surface area (Å²) in [7, 11) is 1.50. The van der Waals surface area contributed by atoms with Gasteiger partial charge in [-0.2, -0.15) is 0 Å². The van der Waals surface area contributed by atoms with Gasteiger partial charge in [-0.15, -0.1) is 0 Å². The first-order valence-corrected chi connectivity index (χ1v) is 22.1. The number of amides is 5. The second-order valence-corrected chi connectivity index (χ2v) is 16.9. The van der Waals surface area contributed by atoms with E-state index in [9.17, 15) is 24.0 Å². The van der Waals surface area contributed by atoms with Gasteiger partial charge in [-0.25, -0.2) is 14.8 Å². The van der Waals surface area contributed by atoms with E-state index < -0.39 is 11.9 Å². The molecule has 17 heteroatoms. The lowest BCUT2D eigenvalue weighted by atomic mass is 9.92. The molecule has 0 aliphatic carbocycles. The van der Waals surface area contributed by atoms with Gasteiger partial charge < -0.3 is 29.9 Å². The summed E-state index contributed by atoms with van der Waals surface area (Å²) in [6, 6.07) is 26.7. The highest BCUT2D eigenvalue weighted by Gasteiger charge is 2.36. The maximum Gasteiger partial charge on any atom is 0.328 e. The number of aromatic nitrogens is 2. The molecule has 0 bridgehead atoms. The Morgan fingerprint density at radius 1 is 0.800 bits per heavy atom. The summed E-state index contributed by atoms with van der Waals surface area (Å²) < 4.78 is 11.4. The van der Waals surface area contributed by atoms with Gasteiger partial charge in [0.1, 0.15) is 35.2 Å². The predicted molar refractivity (Wildman–Crippen MR) is 244 cm³/mol. The van der Waals surface area contributed by atoms with Crippen molar-refractivity contribution in [2.75, 3.05) is 75.0 Å². The van der Waals surface area contributed by atoms with E-state index in [1.807, 2.05) is 59.5 Å². The first-order chi connectivity index (χ1) is 31.6. The lowest BCUT2D eigenvalue weighted by Gasteiger charge is -2.35. The number of urea groups is 1. The number of ether oxygens (including phenoxy) is 2. The number of benzene rings is 4. The summed E-state index contributed by atoms with van der Waals surface area (Å²) in [5, 5.41) is 9.45. The van der Waals surface area contributed by atoms with Crippen molar-refractivity contribution in [1.29, 1.82) is 0 Å². The second-order valence-electron chi connectivity index (χ2n) is 16.5. The zero-order valence-corrected chi connectivity index (χ0v) is 36.6. The zero-order valence-electron chi connectivity index (χ0n) is 35.8. The quantitative estimate of drug-likeness (QED) is 0.117. The van der Waals surface area contributed by atoms with Gasteiger partial charge in [0, 0.05) is 99.7 Å². The highest BCUT2D eigenvalue weighted by Crippen LogP contribution is 2.39. The molecule has 334 valence electrons. The smallest absolute Gasteiger partial charge is 0.328 e. The van der Waals surface area contributed by atoms with Crippen LogP contribution in [-0.2, 0) is 11.3 Å². The van der Waals surface area contributed by atoms with Crippen molar-refractivity contribution >= 4 is 58.5 Å². The summed E-state index contributed by atoms with van der Waals surface area (Å²) in [6.07, 6.45) is 3.05. The number of carbonyl (C=O) groups excluding carboxylic acids is 5. The number of likely N-dealkylation sites (tertiary alicyclic amines) is 1. The molecule has 4 aliphatic heterocycles. The number of halogens is 1. The Morgan fingerprint density at radius 3 is 2.25 bits per heavy atom. The molecule has 0 saturated carbocycles. The minimum atomic E-state index is -0.545. The molecular weight excluding hydrogens is 850 g/mol. The van der Waals surface area contributed by atoms with E-state index >= 15 is 0 Å². The Bertz CT molecular complexity index is 2620. The van der Waals surface area contributed by atoms with Crippen LogP contribution in [0.15, 0.2) is 97.3 Å². The predicted octanol–water partition coefficient (Wildman–Crippen LogP) is 6.44. The van der Waals surface area contributed by atoms with Crippen LogP contribution in [0.2, 0.25) is 5.02 Å². The van der Waals surface area contributed by atoms with Gasteiger partial charge in [0.15, 0.2) is 5.78 Å². The Kier molecular flexibility index (Phi) is 12.6. The van der Waals surface area contributed by atoms with Crippen molar-refractivity contribution in [3.05, 3.63) is 130 Å². The highest BCUT2D eigenvalue weighted by atomic mass is 35.5. The molecule has 0 radical (unpaired) electrons. The van der Waals surface area contributed by atoms with Crippen molar-refractivity contribution < 1.29 is 33.4 Å². The first kappa shape index (κ1) is 43.2. The number of rotatable bonds is 12. The van der Waals surface area contributed by atoms with E-state index in [0.717, 1.165) is 5.56 Å². The molecule has 3 saturated heterocycles. The van der Waals surface area contributed by atoms with Crippen LogP contribution >= 0.6 is 11.6 Å². The summed E-state index contributed by atoms with van der Waals surface area (Å²) in [5.41, 5.74) is 3.68. The van der Waals surface area contributed by atoms with Gasteiger partial charge in [0.25, 0.3) is 11.8 Å². The number of piperidine rings is 1. The Balaban J connectivity index is 0.753. The maximum absolute atomic E-state index is 13.9. The van der Waals surface area contributed by atoms with Gasteiger partial charge in [-0.1, -0.05) is 41.9 Å². The van der Waals surface area contributed by atoms with Gasteiger partial charge >= 0.3 is 6.03 Å². The third-order valence-electron chi connectivity index (χ3n) is 12.4. The Labute approximate surface area is 380 Å². The molecule has 4 aromatic carbocycles. The van der Waals surface area contributed by atoms with E-state index in [-0.39, 0.29) is 42.5 Å². The number of ketones is 1. The van der Waals surface area contributed by atoms with Gasteiger partial charge in [-0.3, -0.25) is 34.3 Å². The number of methoxy groups -OCH3 is 1. The van der Waals surface area contributed by atoms with Gasteiger partial charge in [0.2, 0.25) is 5.91 Å². The molecule has 0 spiro atoms. The van der Waals surface area contributed by atoms with Crippen LogP contribution < -0.4 is 30.3 Å². The fourth-order valence-electron chi connectivity index (χ4n) is 8.81. The van der Waals surface area contributed by atoms with Crippen LogP contribution in [0.5, 0.6) is 17.2 Å². The molecule has 1 unspecified atom stereocenters. The average Bonchev–Trinajstić information content (AvgIpc) is 3.77. The molecule has 4 aliphatic rings. The molecule has 3 N–H and O–H groups in total. The zero-order chi connectivity index (χ0) is 45.0. The van der Waals surface area contributed by atoms with Crippen LogP contribution in [0.1, 0.15) is 67.4 Å². The standard InChI is InChI=1S/C48H48ClN9O7/c1-64-40-14-11-32(25-39(40)58-20-17-41(59)54-48(58)63)47(62)57-23-21-55(22-24-57)28-30-7-9-31(10-8-30)46(61)56-18-15-33(16-19-56)53-45-42-37(27-50-44(42)51-29-52-45)43(60)36-13-12-35(26-38(36)49)65-34-5-3-2-4-6-34/h2-14,25-26,29,33,37H,15-24,27-28H2,1H3,(H,54,59,63)(H2,50,51,52,53). The molecule has 3 fully saturated rings. The molecule has 1 aromatic heterocycles. The van der Waals surface area contributed by atoms with Crippen LogP contribution in [0.3, 0.4) is 0 Å². The van der Waals surface area contributed by atoms with Crippen LogP contribution in [-0.4, -0.2) is 120 Å². The first-order valence-electron chi connectivity index (χ1n) is 21.7. The molecule has 5 amide bonds. The van der Waals surface area contributed by atoms with Crippen molar-refractivity contribution in [1.82, 2.24) is 30.0 Å². The van der Waals surface area contributed by atoms with Crippen LogP contribution in [0.25, 0.3) is 0 Å². The Hall–Kier alpha value is -7.04. The third kappa shape index (κ3) is 9.45. The molecule has 5 aromatic rings. The number of para-hydroxylation sites is 1. The van der Waals surface area contributed by atoms with Gasteiger partial charge in [0.05, 0.1) is 23.7 Å². The number of nitrogens with one attached hydrogen (secondary N) is 3. The highest BCUT2D eigenvalue weighted by molar-refractivity contribution is 6.34. The molecule has 9 rings (SSSR count).